The summed E-state index contributed by atoms with van der Waals surface area (Å²) in [7, 11) is 0. The quantitative estimate of drug-likeness (QED) is 0.706. The van der Waals surface area contributed by atoms with E-state index >= 15 is 0 Å². The van der Waals surface area contributed by atoms with E-state index in [4.69, 9.17) is 10.5 Å². The fraction of sp³-hybridized carbons (Fsp3) is 0.455. The van der Waals surface area contributed by atoms with Crippen LogP contribution in [0.4, 0.5) is 5.69 Å². The van der Waals surface area contributed by atoms with Crippen LogP contribution in [-0.2, 0) is 11.3 Å². The van der Waals surface area contributed by atoms with Crippen molar-refractivity contribution in [3.8, 4) is 5.75 Å². The van der Waals surface area contributed by atoms with E-state index in [2.05, 4.69) is 4.90 Å². The Labute approximate surface area is 89.3 Å². The minimum absolute atomic E-state index is 0.279. The summed E-state index contributed by atoms with van der Waals surface area (Å²) in [5.41, 5.74) is 7.29. The number of hydrogen-bond acceptors (Lipinski definition) is 4. The zero-order valence-electron chi connectivity index (χ0n) is 8.65. The van der Waals surface area contributed by atoms with Gasteiger partial charge in [-0.3, -0.25) is 4.90 Å². The van der Waals surface area contributed by atoms with Gasteiger partial charge in [-0.25, -0.2) is 0 Å². The van der Waals surface area contributed by atoms with E-state index in [-0.39, 0.29) is 5.75 Å². The van der Waals surface area contributed by atoms with Gasteiger partial charge in [0.1, 0.15) is 5.75 Å². The molecule has 0 atom stereocenters. The highest BCUT2D eigenvalue weighted by Crippen LogP contribution is 2.24. The summed E-state index contributed by atoms with van der Waals surface area (Å²) in [5.74, 6) is 0.279. The van der Waals surface area contributed by atoms with Gasteiger partial charge in [0.05, 0.1) is 13.2 Å². The molecule has 1 fully saturated rings. The van der Waals surface area contributed by atoms with Crippen LogP contribution in [0.3, 0.4) is 0 Å². The first-order chi connectivity index (χ1) is 7.27. The zero-order valence-corrected chi connectivity index (χ0v) is 8.65. The van der Waals surface area contributed by atoms with E-state index < -0.39 is 0 Å². The van der Waals surface area contributed by atoms with Crippen molar-refractivity contribution in [3.63, 3.8) is 0 Å². The Morgan fingerprint density at radius 2 is 2.07 bits per heavy atom. The fourth-order valence-corrected chi connectivity index (χ4v) is 1.75. The maximum Gasteiger partial charge on any atom is 0.122 e. The van der Waals surface area contributed by atoms with Gasteiger partial charge in [-0.05, 0) is 12.1 Å². The van der Waals surface area contributed by atoms with E-state index in [1.807, 2.05) is 6.07 Å². The molecule has 82 valence electrons. The number of anilines is 1. The van der Waals surface area contributed by atoms with Crippen molar-refractivity contribution >= 4 is 5.69 Å². The summed E-state index contributed by atoms with van der Waals surface area (Å²) >= 11 is 0. The molecule has 4 nitrogen and oxygen atoms in total. The number of morpholine rings is 1. The molecule has 0 amide bonds. The Balaban J connectivity index is 2.09. The van der Waals surface area contributed by atoms with E-state index in [9.17, 15) is 5.11 Å². The number of phenols is 1. The average Bonchev–Trinajstić information content (AvgIpc) is 2.25. The normalized spacial score (nSPS) is 17.9. The predicted molar refractivity (Wildman–Crippen MR) is 58.6 cm³/mol. The number of benzene rings is 1. The summed E-state index contributed by atoms with van der Waals surface area (Å²) < 4.78 is 5.26. The molecule has 0 radical (unpaired) electrons. The van der Waals surface area contributed by atoms with Crippen LogP contribution in [-0.4, -0.2) is 36.3 Å². The Hall–Kier alpha value is -1.26. The zero-order chi connectivity index (χ0) is 10.7. The molecule has 0 bridgehead atoms. The molecule has 2 rings (SSSR count). The third kappa shape index (κ3) is 2.40. The van der Waals surface area contributed by atoms with Gasteiger partial charge < -0.3 is 15.6 Å². The van der Waals surface area contributed by atoms with Crippen LogP contribution in [0.2, 0.25) is 0 Å². The first-order valence-corrected chi connectivity index (χ1v) is 5.14. The number of ether oxygens (including phenoxy) is 1. The van der Waals surface area contributed by atoms with E-state index in [1.165, 1.54) is 0 Å². The molecule has 1 aliphatic heterocycles. The molecule has 1 heterocycles. The maximum atomic E-state index is 9.68. The van der Waals surface area contributed by atoms with E-state index in [1.54, 1.807) is 12.1 Å². The van der Waals surface area contributed by atoms with Crippen molar-refractivity contribution in [1.29, 1.82) is 0 Å². The first kappa shape index (κ1) is 10.3. The van der Waals surface area contributed by atoms with Crippen molar-refractivity contribution in [2.75, 3.05) is 32.0 Å². The lowest BCUT2D eigenvalue weighted by Crippen LogP contribution is -2.35. The van der Waals surface area contributed by atoms with Gasteiger partial charge in [0.25, 0.3) is 0 Å². The van der Waals surface area contributed by atoms with Gasteiger partial charge in [-0.2, -0.15) is 0 Å². The number of rotatable bonds is 2. The highest BCUT2D eigenvalue weighted by molar-refractivity contribution is 5.53. The van der Waals surface area contributed by atoms with Crippen molar-refractivity contribution in [3.05, 3.63) is 23.8 Å². The lowest BCUT2D eigenvalue weighted by atomic mass is 10.1. The highest BCUT2D eigenvalue weighted by Gasteiger charge is 2.14. The summed E-state index contributed by atoms with van der Waals surface area (Å²) in [6, 6.07) is 5.25. The number of aromatic hydroxyl groups is 1. The second-order valence-corrected chi connectivity index (χ2v) is 3.73. The third-order valence-electron chi connectivity index (χ3n) is 2.67. The highest BCUT2D eigenvalue weighted by atomic mass is 16.5. The Bertz CT molecular complexity index is 315. The fourth-order valence-electron chi connectivity index (χ4n) is 1.75. The minimum Gasteiger partial charge on any atom is -0.508 e. The van der Waals surface area contributed by atoms with Crippen LogP contribution in [0.5, 0.6) is 5.75 Å². The molecule has 0 aliphatic carbocycles. The molecule has 1 saturated heterocycles. The maximum absolute atomic E-state index is 9.68. The summed E-state index contributed by atoms with van der Waals surface area (Å²) in [5, 5.41) is 9.68. The molecule has 15 heavy (non-hydrogen) atoms. The molecular weight excluding hydrogens is 192 g/mol. The van der Waals surface area contributed by atoms with Gasteiger partial charge in [0.15, 0.2) is 0 Å². The van der Waals surface area contributed by atoms with Gasteiger partial charge in [0.2, 0.25) is 0 Å². The smallest absolute Gasteiger partial charge is 0.122 e. The van der Waals surface area contributed by atoms with Gasteiger partial charge in [-0.15, -0.1) is 0 Å². The van der Waals surface area contributed by atoms with E-state index in [0.29, 0.717) is 12.2 Å². The predicted octanol–water partition coefficient (Wildman–Crippen LogP) is 0.807. The summed E-state index contributed by atoms with van der Waals surface area (Å²) in [6.07, 6.45) is 0. The molecule has 0 spiro atoms. The van der Waals surface area contributed by atoms with Crippen LogP contribution >= 0.6 is 0 Å². The Kier molecular flexibility index (Phi) is 3.08. The average molecular weight is 208 g/mol. The molecule has 4 heteroatoms. The van der Waals surface area contributed by atoms with Crippen LogP contribution in [0.1, 0.15) is 5.56 Å². The largest absolute Gasteiger partial charge is 0.508 e. The van der Waals surface area contributed by atoms with Crippen molar-refractivity contribution in [1.82, 2.24) is 4.90 Å². The number of phenolic OH excluding ortho intramolecular Hbond substituents is 1. The van der Waals surface area contributed by atoms with Gasteiger partial charge in [-0.1, -0.05) is 6.07 Å². The van der Waals surface area contributed by atoms with E-state index in [0.717, 1.165) is 31.9 Å². The minimum atomic E-state index is 0.279. The molecule has 0 saturated carbocycles. The second-order valence-electron chi connectivity index (χ2n) is 3.73. The molecule has 0 unspecified atom stereocenters. The topological polar surface area (TPSA) is 58.7 Å². The van der Waals surface area contributed by atoms with Crippen LogP contribution < -0.4 is 5.73 Å². The van der Waals surface area contributed by atoms with Crippen molar-refractivity contribution in [2.45, 2.75) is 6.54 Å². The van der Waals surface area contributed by atoms with Crippen LogP contribution in [0.25, 0.3) is 0 Å². The number of nitrogen functional groups attached to an aromatic ring is 1. The van der Waals surface area contributed by atoms with Gasteiger partial charge >= 0.3 is 0 Å². The number of nitrogens with zero attached hydrogens (tertiary/aromatic N) is 1. The lowest BCUT2D eigenvalue weighted by Gasteiger charge is -2.27. The molecule has 1 aromatic carbocycles. The standard InChI is InChI=1S/C11H16N2O2/c12-10-2-1-3-11(14)9(10)8-13-4-6-15-7-5-13/h1-3,14H,4-8,12H2. The monoisotopic (exact) mass is 208 g/mol. The van der Waals surface area contributed by atoms with Crippen LogP contribution in [0.15, 0.2) is 18.2 Å². The molecular formula is C11H16N2O2. The Morgan fingerprint density at radius 3 is 2.73 bits per heavy atom. The number of hydrogen-bond donors (Lipinski definition) is 2. The SMILES string of the molecule is Nc1cccc(O)c1CN1CCOCC1. The molecule has 1 aliphatic rings. The van der Waals surface area contributed by atoms with Crippen molar-refractivity contribution < 1.29 is 9.84 Å². The summed E-state index contributed by atoms with van der Waals surface area (Å²) in [4.78, 5) is 2.23. The second kappa shape index (κ2) is 4.51. The van der Waals surface area contributed by atoms with Crippen LogP contribution in [0, 0.1) is 0 Å². The Morgan fingerprint density at radius 1 is 1.33 bits per heavy atom. The van der Waals surface area contributed by atoms with Gasteiger partial charge in [0, 0.05) is 30.9 Å². The molecule has 3 N–H and O–H groups in total. The molecule has 1 aromatic rings. The third-order valence-corrected chi connectivity index (χ3v) is 2.67. The first-order valence-electron chi connectivity index (χ1n) is 5.14. The molecule has 0 aromatic heterocycles. The van der Waals surface area contributed by atoms with Crippen molar-refractivity contribution in [2.24, 2.45) is 0 Å². The number of nitrogens with two attached hydrogens (primary N) is 1. The lowest BCUT2D eigenvalue weighted by molar-refractivity contribution is 0.0340. The summed E-state index contributed by atoms with van der Waals surface area (Å²) in [6.45, 7) is 4.00.